The Morgan fingerprint density at radius 3 is 2.27 bits per heavy atom. The largest absolute Gasteiger partial charge is 0.272 e. The van der Waals surface area contributed by atoms with Gasteiger partial charge < -0.3 is 0 Å². The topological polar surface area (TPSA) is 41.5 Å². The van der Waals surface area contributed by atoms with Gasteiger partial charge in [-0.25, -0.2) is 5.43 Å². The van der Waals surface area contributed by atoms with Crippen molar-refractivity contribution in [3.8, 4) is 0 Å². The SMILES string of the molecule is O=C1NN=C(c2ccc(Cl)cc2)CC1c1c(Cl)cccc1Cl. The number of carbonyl (C=O) groups excluding carboxylic acids is 1. The zero-order valence-electron chi connectivity index (χ0n) is 11.3. The summed E-state index contributed by atoms with van der Waals surface area (Å²) in [5.74, 6) is -0.683. The molecule has 1 unspecified atom stereocenters. The van der Waals surface area contributed by atoms with E-state index in [-0.39, 0.29) is 5.91 Å². The Morgan fingerprint density at radius 2 is 1.64 bits per heavy atom. The van der Waals surface area contributed by atoms with Gasteiger partial charge in [-0.3, -0.25) is 4.79 Å². The van der Waals surface area contributed by atoms with Gasteiger partial charge in [-0.05, 0) is 29.8 Å². The third kappa shape index (κ3) is 2.98. The summed E-state index contributed by atoms with van der Waals surface area (Å²) in [6.45, 7) is 0. The molecule has 6 heteroatoms. The van der Waals surface area contributed by atoms with Crippen LogP contribution in [0.25, 0.3) is 0 Å². The highest BCUT2D eigenvalue weighted by Gasteiger charge is 2.30. The number of amides is 1. The molecule has 0 aliphatic carbocycles. The molecule has 1 heterocycles. The van der Waals surface area contributed by atoms with E-state index in [4.69, 9.17) is 34.8 Å². The maximum Gasteiger partial charge on any atom is 0.248 e. The number of rotatable bonds is 2. The van der Waals surface area contributed by atoms with Crippen LogP contribution in [0.4, 0.5) is 0 Å². The lowest BCUT2D eigenvalue weighted by Gasteiger charge is -2.23. The lowest BCUT2D eigenvalue weighted by molar-refractivity contribution is -0.122. The van der Waals surface area contributed by atoms with Crippen LogP contribution < -0.4 is 5.43 Å². The van der Waals surface area contributed by atoms with Crippen molar-refractivity contribution < 1.29 is 4.79 Å². The van der Waals surface area contributed by atoms with Crippen molar-refractivity contribution >= 4 is 46.4 Å². The molecule has 2 aromatic rings. The molecule has 0 radical (unpaired) electrons. The maximum atomic E-state index is 12.2. The molecule has 1 aliphatic heterocycles. The lowest BCUT2D eigenvalue weighted by Crippen LogP contribution is -2.33. The Hall–Kier alpha value is -1.55. The van der Waals surface area contributed by atoms with Crippen molar-refractivity contribution in [2.75, 3.05) is 0 Å². The van der Waals surface area contributed by atoms with Crippen LogP contribution in [0, 0.1) is 0 Å². The monoisotopic (exact) mass is 352 g/mol. The third-order valence-electron chi connectivity index (χ3n) is 3.54. The molecule has 1 aliphatic rings. The molecule has 3 nitrogen and oxygen atoms in total. The molecule has 1 atom stereocenters. The summed E-state index contributed by atoms with van der Waals surface area (Å²) < 4.78 is 0. The molecule has 0 saturated heterocycles. The van der Waals surface area contributed by atoms with Crippen LogP contribution >= 0.6 is 34.8 Å². The summed E-state index contributed by atoms with van der Waals surface area (Å²) in [7, 11) is 0. The molecular formula is C16H11Cl3N2O. The fourth-order valence-electron chi connectivity index (χ4n) is 2.43. The number of carbonyl (C=O) groups is 1. The van der Waals surface area contributed by atoms with Gasteiger partial charge in [-0.15, -0.1) is 0 Å². The van der Waals surface area contributed by atoms with E-state index < -0.39 is 5.92 Å². The molecular weight excluding hydrogens is 343 g/mol. The smallest absolute Gasteiger partial charge is 0.248 e. The van der Waals surface area contributed by atoms with E-state index >= 15 is 0 Å². The first-order valence-electron chi connectivity index (χ1n) is 6.62. The Bertz CT molecular complexity index is 736. The van der Waals surface area contributed by atoms with Gasteiger partial charge in [0.25, 0.3) is 0 Å². The molecule has 0 aromatic heterocycles. The van der Waals surface area contributed by atoms with Gasteiger partial charge in [-0.2, -0.15) is 5.10 Å². The van der Waals surface area contributed by atoms with Gasteiger partial charge in [0.15, 0.2) is 0 Å². The second-order valence-electron chi connectivity index (χ2n) is 4.93. The number of hydrogen-bond donors (Lipinski definition) is 1. The first kappa shape index (κ1) is 15.3. The minimum absolute atomic E-state index is 0.215. The van der Waals surface area contributed by atoms with E-state index in [2.05, 4.69) is 10.5 Å². The zero-order chi connectivity index (χ0) is 15.7. The summed E-state index contributed by atoms with van der Waals surface area (Å²) in [6.07, 6.45) is 0.427. The van der Waals surface area contributed by atoms with Crippen molar-refractivity contribution in [2.45, 2.75) is 12.3 Å². The van der Waals surface area contributed by atoms with Crippen molar-refractivity contribution in [3.63, 3.8) is 0 Å². The normalized spacial score (nSPS) is 17.9. The summed E-state index contributed by atoms with van der Waals surface area (Å²) in [5, 5.41) is 5.74. The molecule has 0 spiro atoms. The highest BCUT2D eigenvalue weighted by atomic mass is 35.5. The molecule has 22 heavy (non-hydrogen) atoms. The Kier molecular flexibility index (Phi) is 4.39. The summed E-state index contributed by atoms with van der Waals surface area (Å²) in [5.41, 5.74) is 4.84. The molecule has 0 saturated carbocycles. The van der Waals surface area contributed by atoms with Crippen LogP contribution in [0.2, 0.25) is 15.1 Å². The summed E-state index contributed by atoms with van der Waals surface area (Å²) in [6, 6.07) is 12.5. The average molecular weight is 354 g/mol. The third-order valence-corrected chi connectivity index (χ3v) is 4.45. The number of nitrogens with zero attached hydrogens (tertiary/aromatic N) is 1. The molecule has 1 N–H and O–H groups in total. The van der Waals surface area contributed by atoms with Crippen molar-refractivity contribution in [1.82, 2.24) is 5.43 Å². The van der Waals surface area contributed by atoms with Crippen LogP contribution in [-0.2, 0) is 4.79 Å². The molecule has 0 fully saturated rings. The fourth-order valence-corrected chi connectivity index (χ4v) is 3.22. The molecule has 2 aromatic carbocycles. The average Bonchev–Trinajstić information content (AvgIpc) is 2.50. The van der Waals surface area contributed by atoms with E-state index in [1.165, 1.54) is 0 Å². The van der Waals surface area contributed by atoms with E-state index in [0.717, 1.165) is 11.3 Å². The number of halogens is 3. The van der Waals surface area contributed by atoms with Crippen molar-refractivity contribution in [2.24, 2.45) is 5.10 Å². The highest BCUT2D eigenvalue weighted by Crippen LogP contribution is 2.35. The Labute approximate surface area is 142 Å². The van der Waals surface area contributed by atoms with E-state index in [0.29, 0.717) is 27.1 Å². The van der Waals surface area contributed by atoms with Gasteiger partial charge in [0, 0.05) is 27.1 Å². The number of hydrogen-bond acceptors (Lipinski definition) is 2. The van der Waals surface area contributed by atoms with Crippen LogP contribution in [0.15, 0.2) is 47.6 Å². The second-order valence-corrected chi connectivity index (χ2v) is 6.18. The number of benzene rings is 2. The van der Waals surface area contributed by atoms with E-state index in [9.17, 15) is 4.79 Å². The molecule has 3 rings (SSSR count). The molecule has 1 amide bonds. The quantitative estimate of drug-likeness (QED) is 0.838. The predicted octanol–water partition coefficient (Wildman–Crippen LogP) is 4.65. The highest BCUT2D eigenvalue weighted by molar-refractivity contribution is 6.36. The first-order valence-corrected chi connectivity index (χ1v) is 7.76. The predicted molar refractivity (Wildman–Crippen MR) is 90.0 cm³/mol. The lowest BCUT2D eigenvalue weighted by atomic mass is 9.89. The van der Waals surface area contributed by atoms with Gasteiger partial charge >= 0.3 is 0 Å². The van der Waals surface area contributed by atoms with E-state index in [1.807, 2.05) is 12.1 Å². The van der Waals surface area contributed by atoms with Crippen LogP contribution in [0.1, 0.15) is 23.5 Å². The van der Waals surface area contributed by atoms with E-state index in [1.54, 1.807) is 30.3 Å². The Morgan fingerprint density at radius 1 is 1.00 bits per heavy atom. The van der Waals surface area contributed by atoms with Crippen molar-refractivity contribution in [3.05, 3.63) is 68.7 Å². The minimum atomic E-state index is -0.468. The zero-order valence-corrected chi connectivity index (χ0v) is 13.6. The minimum Gasteiger partial charge on any atom is -0.272 e. The van der Waals surface area contributed by atoms with Crippen LogP contribution in [-0.4, -0.2) is 11.6 Å². The summed E-state index contributed by atoms with van der Waals surface area (Å²) >= 11 is 18.3. The maximum absolute atomic E-state index is 12.2. The van der Waals surface area contributed by atoms with Gasteiger partial charge in [0.1, 0.15) is 0 Å². The van der Waals surface area contributed by atoms with Gasteiger partial charge in [0.05, 0.1) is 11.6 Å². The first-order chi connectivity index (χ1) is 10.6. The van der Waals surface area contributed by atoms with Gasteiger partial charge in [0.2, 0.25) is 5.91 Å². The molecule has 112 valence electrons. The standard InChI is InChI=1S/C16H11Cl3N2O/c17-10-6-4-9(5-7-10)14-8-11(16(22)21-20-14)15-12(18)2-1-3-13(15)19/h1-7,11H,8H2,(H,21,22). The number of nitrogens with one attached hydrogen (secondary N) is 1. The van der Waals surface area contributed by atoms with Crippen LogP contribution in [0.3, 0.4) is 0 Å². The van der Waals surface area contributed by atoms with Crippen LogP contribution in [0.5, 0.6) is 0 Å². The summed E-state index contributed by atoms with van der Waals surface area (Å²) in [4.78, 5) is 12.2. The Balaban J connectivity index is 1.96. The van der Waals surface area contributed by atoms with Crippen molar-refractivity contribution in [1.29, 1.82) is 0 Å². The molecule has 0 bridgehead atoms. The number of hydrazone groups is 1. The second kappa shape index (κ2) is 6.29. The fraction of sp³-hybridized carbons (Fsp3) is 0.125. The van der Waals surface area contributed by atoms with Gasteiger partial charge in [-0.1, -0.05) is 53.0 Å².